The van der Waals surface area contributed by atoms with Crippen molar-refractivity contribution in [3.8, 4) is 5.75 Å². The van der Waals surface area contributed by atoms with Crippen LogP contribution in [0.15, 0.2) is 30.3 Å². The Morgan fingerprint density at radius 3 is 2.05 bits per heavy atom. The predicted octanol–water partition coefficient (Wildman–Crippen LogP) is 3.86. The molecule has 0 aliphatic rings. The van der Waals surface area contributed by atoms with Crippen molar-refractivity contribution in [2.75, 3.05) is 0 Å². The summed E-state index contributed by atoms with van der Waals surface area (Å²) in [6, 6.07) is 9.36. The second-order valence-corrected chi connectivity index (χ2v) is 5.11. The molecule has 0 bridgehead atoms. The van der Waals surface area contributed by atoms with Crippen LogP contribution in [0.3, 0.4) is 0 Å². The van der Waals surface area contributed by atoms with Crippen LogP contribution in [-0.4, -0.2) is 10.9 Å². The van der Waals surface area contributed by atoms with Gasteiger partial charge in [-0.05, 0) is 62.6 Å². The molecule has 1 N–H and O–H groups in total. The fraction of sp³-hybridized carbons (Fsp3) is 0.235. The van der Waals surface area contributed by atoms with Crippen LogP contribution in [0.2, 0.25) is 0 Å². The molecule has 0 saturated carbocycles. The molecule has 0 fully saturated rings. The van der Waals surface area contributed by atoms with Gasteiger partial charge in [-0.2, -0.15) is 0 Å². The average molecular weight is 254 g/mol. The first-order valence-electron chi connectivity index (χ1n) is 6.32. The highest BCUT2D eigenvalue weighted by molar-refractivity contribution is 6.10. The molecule has 0 aliphatic carbocycles. The van der Waals surface area contributed by atoms with Crippen LogP contribution in [0, 0.1) is 27.7 Å². The van der Waals surface area contributed by atoms with Crippen LogP contribution in [0.5, 0.6) is 5.75 Å². The number of aryl methyl sites for hydroxylation is 4. The molecule has 0 unspecified atom stereocenters. The predicted molar refractivity (Wildman–Crippen MR) is 76.9 cm³/mol. The van der Waals surface area contributed by atoms with Crippen molar-refractivity contribution in [2.45, 2.75) is 27.7 Å². The SMILES string of the molecule is Cc1ccc(C)c(C(=O)c2cc(C)c(O)c(C)c2)c1. The molecule has 19 heavy (non-hydrogen) atoms. The van der Waals surface area contributed by atoms with E-state index in [1.165, 1.54) is 0 Å². The molecule has 2 heteroatoms. The summed E-state index contributed by atoms with van der Waals surface area (Å²) >= 11 is 0. The van der Waals surface area contributed by atoms with Crippen LogP contribution in [0.4, 0.5) is 0 Å². The standard InChI is InChI=1S/C17H18O2/c1-10-5-6-11(2)15(7-10)17(19)14-8-12(3)16(18)13(4)9-14/h5-9,18H,1-4H3. The zero-order valence-electron chi connectivity index (χ0n) is 11.7. The monoisotopic (exact) mass is 254 g/mol. The van der Waals surface area contributed by atoms with Gasteiger partial charge in [0.15, 0.2) is 5.78 Å². The lowest BCUT2D eigenvalue weighted by Crippen LogP contribution is -2.05. The van der Waals surface area contributed by atoms with Crippen LogP contribution in [0.1, 0.15) is 38.2 Å². The number of hydrogen-bond acceptors (Lipinski definition) is 2. The molecule has 2 rings (SSSR count). The number of phenols is 1. The molecule has 0 heterocycles. The van der Waals surface area contributed by atoms with E-state index in [2.05, 4.69) is 0 Å². The first-order valence-corrected chi connectivity index (χ1v) is 6.32. The summed E-state index contributed by atoms with van der Waals surface area (Å²) in [7, 11) is 0. The topological polar surface area (TPSA) is 37.3 Å². The second-order valence-electron chi connectivity index (χ2n) is 5.11. The third-order valence-corrected chi connectivity index (χ3v) is 3.39. The van der Waals surface area contributed by atoms with Gasteiger partial charge in [0.25, 0.3) is 0 Å². The van der Waals surface area contributed by atoms with Crippen LogP contribution in [0.25, 0.3) is 0 Å². The zero-order valence-corrected chi connectivity index (χ0v) is 11.7. The van der Waals surface area contributed by atoms with Gasteiger partial charge in [0.05, 0.1) is 0 Å². The molecule has 0 spiro atoms. The Morgan fingerprint density at radius 2 is 1.47 bits per heavy atom. The van der Waals surface area contributed by atoms with E-state index in [0.717, 1.165) is 27.8 Å². The van der Waals surface area contributed by atoms with E-state index >= 15 is 0 Å². The maximum atomic E-state index is 12.6. The third kappa shape index (κ3) is 2.53. The largest absolute Gasteiger partial charge is 0.507 e. The molecule has 98 valence electrons. The molecule has 0 amide bonds. The summed E-state index contributed by atoms with van der Waals surface area (Å²) < 4.78 is 0. The Hall–Kier alpha value is -2.09. The summed E-state index contributed by atoms with van der Waals surface area (Å²) in [5, 5.41) is 9.77. The average Bonchev–Trinajstić information content (AvgIpc) is 2.37. The summed E-state index contributed by atoms with van der Waals surface area (Å²) in [4.78, 5) is 12.6. The molecule has 0 saturated heterocycles. The Kier molecular flexibility index (Phi) is 3.43. The number of ketones is 1. The van der Waals surface area contributed by atoms with Crippen LogP contribution >= 0.6 is 0 Å². The minimum absolute atomic E-state index is 0.00685. The first kappa shape index (κ1) is 13.3. The zero-order chi connectivity index (χ0) is 14.2. The maximum absolute atomic E-state index is 12.6. The van der Waals surface area contributed by atoms with Gasteiger partial charge in [-0.15, -0.1) is 0 Å². The quantitative estimate of drug-likeness (QED) is 0.826. The molecule has 2 nitrogen and oxygen atoms in total. The van der Waals surface area contributed by atoms with Gasteiger partial charge in [-0.1, -0.05) is 17.7 Å². The molecular formula is C17H18O2. The highest BCUT2D eigenvalue weighted by Gasteiger charge is 2.14. The number of phenolic OH excluding ortho intramolecular Hbond substituents is 1. The minimum Gasteiger partial charge on any atom is -0.507 e. The van der Waals surface area contributed by atoms with Crippen molar-refractivity contribution >= 4 is 5.78 Å². The van der Waals surface area contributed by atoms with Gasteiger partial charge in [0.2, 0.25) is 0 Å². The van der Waals surface area contributed by atoms with Crippen molar-refractivity contribution in [1.82, 2.24) is 0 Å². The summed E-state index contributed by atoms with van der Waals surface area (Å²) in [5.74, 6) is 0.268. The van der Waals surface area contributed by atoms with Crippen LogP contribution < -0.4 is 0 Å². The third-order valence-electron chi connectivity index (χ3n) is 3.39. The molecule has 2 aromatic carbocycles. The summed E-state index contributed by atoms with van der Waals surface area (Å²) in [6.45, 7) is 7.53. The van der Waals surface area contributed by atoms with E-state index in [0.29, 0.717) is 5.56 Å². The molecule has 0 aliphatic heterocycles. The molecule has 0 aromatic heterocycles. The van der Waals surface area contributed by atoms with Crippen molar-refractivity contribution in [1.29, 1.82) is 0 Å². The normalized spacial score (nSPS) is 10.5. The van der Waals surface area contributed by atoms with Gasteiger partial charge in [0.1, 0.15) is 5.75 Å². The highest BCUT2D eigenvalue weighted by Crippen LogP contribution is 2.25. The maximum Gasteiger partial charge on any atom is 0.193 e. The fourth-order valence-electron chi connectivity index (χ4n) is 2.22. The summed E-state index contributed by atoms with van der Waals surface area (Å²) in [6.07, 6.45) is 0. The highest BCUT2D eigenvalue weighted by atomic mass is 16.3. The van der Waals surface area contributed by atoms with Gasteiger partial charge < -0.3 is 5.11 Å². The first-order chi connectivity index (χ1) is 8.90. The van der Waals surface area contributed by atoms with Gasteiger partial charge in [0, 0.05) is 11.1 Å². The number of benzene rings is 2. The molecule has 2 aromatic rings. The van der Waals surface area contributed by atoms with E-state index in [1.54, 1.807) is 12.1 Å². The fourth-order valence-corrected chi connectivity index (χ4v) is 2.22. The Morgan fingerprint density at radius 1 is 0.895 bits per heavy atom. The second kappa shape index (κ2) is 4.88. The number of hydrogen-bond donors (Lipinski definition) is 1. The van der Waals surface area contributed by atoms with Gasteiger partial charge in [-0.25, -0.2) is 0 Å². The number of rotatable bonds is 2. The van der Waals surface area contributed by atoms with E-state index in [4.69, 9.17) is 0 Å². The van der Waals surface area contributed by atoms with Crippen LogP contribution in [-0.2, 0) is 0 Å². The van der Waals surface area contributed by atoms with E-state index in [-0.39, 0.29) is 11.5 Å². The van der Waals surface area contributed by atoms with Gasteiger partial charge >= 0.3 is 0 Å². The molecule has 0 radical (unpaired) electrons. The van der Waals surface area contributed by atoms with Crippen molar-refractivity contribution in [2.24, 2.45) is 0 Å². The van der Waals surface area contributed by atoms with Gasteiger partial charge in [-0.3, -0.25) is 4.79 Å². The minimum atomic E-state index is 0.00685. The lowest BCUT2D eigenvalue weighted by atomic mass is 9.95. The Bertz CT molecular complexity index is 631. The smallest absolute Gasteiger partial charge is 0.193 e. The van der Waals surface area contributed by atoms with Crippen molar-refractivity contribution in [3.05, 3.63) is 63.7 Å². The Balaban J connectivity index is 2.53. The molecule has 0 atom stereocenters. The number of carbonyl (C=O) groups excluding carboxylic acids is 1. The van der Waals surface area contributed by atoms with E-state index in [9.17, 15) is 9.90 Å². The number of carbonyl (C=O) groups is 1. The Labute approximate surface area is 113 Å². The number of aromatic hydroxyl groups is 1. The lowest BCUT2D eigenvalue weighted by molar-refractivity contribution is 0.103. The summed E-state index contributed by atoms with van der Waals surface area (Å²) in [5.41, 5.74) is 4.86. The lowest BCUT2D eigenvalue weighted by Gasteiger charge is -2.09. The molecular weight excluding hydrogens is 236 g/mol. The van der Waals surface area contributed by atoms with Crippen molar-refractivity contribution < 1.29 is 9.90 Å². The van der Waals surface area contributed by atoms with E-state index < -0.39 is 0 Å². The van der Waals surface area contributed by atoms with Crippen molar-refractivity contribution in [3.63, 3.8) is 0 Å². The van der Waals surface area contributed by atoms with E-state index in [1.807, 2.05) is 45.9 Å².